The van der Waals surface area contributed by atoms with Crippen LogP contribution in [-0.4, -0.2) is 34.3 Å². The minimum Gasteiger partial charge on any atom is -0.507 e. The molecule has 1 atom stereocenters. The van der Waals surface area contributed by atoms with Crippen LogP contribution in [0.15, 0.2) is 24.5 Å². The first-order chi connectivity index (χ1) is 13.6. The lowest BCUT2D eigenvalue weighted by molar-refractivity contribution is 0.267. The van der Waals surface area contributed by atoms with Crippen molar-refractivity contribution in [2.75, 3.05) is 18.1 Å². The summed E-state index contributed by atoms with van der Waals surface area (Å²) in [4.78, 5) is 10.6. The summed E-state index contributed by atoms with van der Waals surface area (Å²) in [5.74, 6) is -1.21. The largest absolute Gasteiger partial charge is 0.507 e. The third-order valence-electron chi connectivity index (χ3n) is 5.46. The fourth-order valence-corrected chi connectivity index (χ4v) is 4.48. The number of phenolic OH excluding ortho intramolecular Hbond substituents is 1. The third-order valence-corrected chi connectivity index (χ3v) is 5.82. The van der Waals surface area contributed by atoms with E-state index in [0.717, 1.165) is 31.9 Å². The van der Waals surface area contributed by atoms with E-state index in [1.54, 1.807) is 0 Å². The molecule has 3 heterocycles. The summed E-state index contributed by atoms with van der Waals surface area (Å²) in [5.41, 5.74) is -0.577. The van der Waals surface area contributed by atoms with E-state index in [0.29, 0.717) is 17.8 Å². The molecule has 1 fully saturated rings. The zero-order valence-electron chi connectivity index (χ0n) is 14.8. The zero-order valence-corrected chi connectivity index (χ0v) is 15.5. The van der Waals surface area contributed by atoms with Crippen molar-refractivity contribution in [2.24, 2.45) is 0 Å². The van der Waals surface area contributed by atoms with Crippen molar-refractivity contribution in [1.82, 2.24) is 9.97 Å². The van der Waals surface area contributed by atoms with E-state index in [4.69, 9.17) is 16.3 Å². The molecule has 0 radical (unpaired) electrons. The number of phenols is 1. The van der Waals surface area contributed by atoms with E-state index in [1.165, 1.54) is 18.5 Å². The first-order valence-corrected chi connectivity index (χ1v) is 9.48. The van der Waals surface area contributed by atoms with Crippen LogP contribution in [0.4, 0.5) is 14.6 Å². The van der Waals surface area contributed by atoms with E-state index >= 15 is 4.39 Å². The summed E-state index contributed by atoms with van der Waals surface area (Å²) in [6.07, 6.45) is 4.31. The van der Waals surface area contributed by atoms with Gasteiger partial charge < -0.3 is 14.7 Å². The molecule has 1 saturated heterocycles. The minimum absolute atomic E-state index is 0.00623. The molecule has 0 saturated carbocycles. The van der Waals surface area contributed by atoms with Gasteiger partial charge in [0.05, 0.1) is 22.0 Å². The quantitative estimate of drug-likeness (QED) is 0.639. The number of hydrogen-bond donors (Lipinski definition) is 1. The van der Waals surface area contributed by atoms with Crippen LogP contribution in [0.5, 0.6) is 11.5 Å². The van der Waals surface area contributed by atoms with Crippen LogP contribution in [0.25, 0.3) is 22.0 Å². The predicted molar refractivity (Wildman–Crippen MR) is 102 cm³/mol. The smallest absolute Gasteiger partial charge is 0.159 e. The van der Waals surface area contributed by atoms with E-state index in [1.807, 2.05) is 0 Å². The van der Waals surface area contributed by atoms with Gasteiger partial charge in [-0.2, -0.15) is 0 Å². The molecule has 1 N–H and O–H groups in total. The van der Waals surface area contributed by atoms with E-state index in [9.17, 15) is 9.50 Å². The fourth-order valence-electron chi connectivity index (χ4n) is 4.16. The van der Waals surface area contributed by atoms with Gasteiger partial charge in [0.1, 0.15) is 35.8 Å². The lowest BCUT2D eigenvalue weighted by atomic mass is 9.99. The average molecular weight is 404 g/mol. The minimum atomic E-state index is -0.813. The van der Waals surface area contributed by atoms with Crippen molar-refractivity contribution in [3.8, 4) is 22.6 Å². The molecule has 8 heteroatoms. The van der Waals surface area contributed by atoms with Gasteiger partial charge in [0, 0.05) is 12.1 Å². The SMILES string of the molecule is Oc1cccc(F)c1-c1c(Cl)c2c3c(ncnc3c1F)N1CCCC[C@@H]1CO2. The second kappa shape index (κ2) is 6.44. The van der Waals surface area contributed by atoms with Gasteiger partial charge in [-0.1, -0.05) is 17.7 Å². The van der Waals surface area contributed by atoms with Crippen LogP contribution < -0.4 is 9.64 Å². The summed E-state index contributed by atoms with van der Waals surface area (Å²) in [7, 11) is 0. The molecule has 1 aromatic heterocycles. The first kappa shape index (κ1) is 17.4. The summed E-state index contributed by atoms with van der Waals surface area (Å²) in [6, 6.07) is 3.86. The molecule has 0 aliphatic carbocycles. The highest BCUT2D eigenvalue weighted by molar-refractivity contribution is 6.36. The number of hydrogen-bond acceptors (Lipinski definition) is 5. The standard InChI is InChI=1S/C20H16ClF2N3O2/c21-16-14(13-11(22)5-3-6-12(13)27)17(23)18-15-19(16)28-8-10-4-1-2-7-26(10)20(15)25-9-24-18/h3,5-6,9-10,27H,1-2,4,7-8H2/t10-/m1/s1. The van der Waals surface area contributed by atoms with Gasteiger partial charge in [0.25, 0.3) is 0 Å². The van der Waals surface area contributed by atoms with Gasteiger partial charge in [-0.3, -0.25) is 0 Å². The number of benzene rings is 2. The molecule has 144 valence electrons. The number of nitrogens with zero attached hydrogens (tertiary/aromatic N) is 3. The molecule has 3 aromatic rings. The Bertz CT molecular complexity index is 1090. The first-order valence-electron chi connectivity index (χ1n) is 9.11. The Morgan fingerprint density at radius 3 is 2.86 bits per heavy atom. The molecule has 0 unspecified atom stereocenters. The number of aromatic hydroxyl groups is 1. The second-order valence-electron chi connectivity index (χ2n) is 7.04. The number of fused-ring (bicyclic) bond motifs is 2. The molecule has 2 aliphatic rings. The summed E-state index contributed by atoms with van der Waals surface area (Å²) in [6.45, 7) is 1.15. The van der Waals surface area contributed by atoms with Gasteiger partial charge in [0.15, 0.2) is 11.6 Å². The molecule has 0 amide bonds. The number of aromatic nitrogens is 2. The lowest BCUT2D eigenvalue weighted by Gasteiger charge is -2.34. The highest BCUT2D eigenvalue weighted by Crippen LogP contribution is 2.49. The highest BCUT2D eigenvalue weighted by atomic mass is 35.5. The Labute approximate surface area is 164 Å². The predicted octanol–water partition coefficient (Wildman–Crippen LogP) is 4.69. The molecule has 0 bridgehead atoms. The summed E-state index contributed by atoms with van der Waals surface area (Å²) in [5, 5.41) is 10.5. The van der Waals surface area contributed by atoms with Crippen molar-refractivity contribution >= 4 is 28.3 Å². The molecular formula is C20H16ClF2N3O2. The Balaban J connectivity index is 1.86. The number of rotatable bonds is 1. The van der Waals surface area contributed by atoms with Crippen LogP contribution in [0, 0.1) is 11.6 Å². The number of halogens is 3. The van der Waals surface area contributed by atoms with E-state index in [-0.39, 0.29) is 33.5 Å². The van der Waals surface area contributed by atoms with E-state index in [2.05, 4.69) is 14.9 Å². The van der Waals surface area contributed by atoms with Crippen molar-refractivity contribution in [3.63, 3.8) is 0 Å². The Hall–Kier alpha value is -2.67. The van der Waals surface area contributed by atoms with Crippen LogP contribution >= 0.6 is 11.6 Å². The van der Waals surface area contributed by atoms with Crippen molar-refractivity contribution < 1.29 is 18.6 Å². The molecule has 28 heavy (non-hydrogen) atoms. The van der Waals surface area contributed by atoms with Crippen LogP contribution in [0.3, 0.4) is 0 Å². The molecule has 0 spiro atoms. The number of ether oxygens (including phenoxy) is 1. The molecule has 2 aromatic carbocycles. The van der Waals surface area contributed by atoms with Gasteiger partial charge in [-0.15, -0.1) is 0 Å². The Morgan fingerprint density at radius 2 is 2.04 bits per heavy atom. The second-order valence-corrected chi connectivity index (χ2v) is 7.42. The monoisotopic (exact) mass is 403 g/mol. The molecule has 2 aliphatic heterocycles. The normalized spacial score (nSPS) is 18.5. The topological polar surface area (TPSA) is 58.5 Å². The number of piperidine rings is 1. The third kappa shape index (κ3) is 2.42. The van der Waals surface area contributed by atoms with Gasteiger partial charge in [-0.25, -0.2) is 18.7 Å². The fraction of sp³-hybridized carbons (Fsp3) is 0.300. The maximum atomic E-state index is 15.5. The van der Waals surface area contributed by atoms with Gasteiger partial charge in [-0.05, 0) is 31.4 Å². The summed E-state index contributed by atoms with van der Waals surface area (Å²) >= 11 is 6.53. The van der Waals surface area contributed by atoms with Crippen LogP contribution in [0.1, 0.15) is 19.3 Å². The van der Waals surface area contributed by atoms with Gasteiger partial charge >= 0.3 is 0 Å². The molecule has 5 nitrogen and oxygen atoms in total. The number of anilines is 1. The van der Waals surface area contributed by atoms with Crippen molar-refractivity contribution in [3.05, 3.63) is 41.2 Å². The van der Waals surface area contributed by atoms with Crippen molar-refractivity contribution in [1.29, 1.82) is 0 Å². The maximum Gasteiger partial charge on any atom is 0.159 e. The van der Waals surface area contributed by atoms with Gasteiger partial charge in [0.2, 0.25) is 0 Å². The van der Waals surface area contributed by atoms with Crippen LogP contribution in [0.2, 0.25) is 5.02 Å². The average Bonchev–Trinajstić information content (AvgIpc) is 2.86. The lowest BCUT2D eigenvalue weighted by Crippen LogP contribution is -2.42. The Morgan fingerprint density at radius 1 is 1.18 bits per heavy atom. The maximum absolute atomic E-state index is 15.5. The molecule has 5 rings (SSSR count). The zero-order chi connectivity index (χ0) is 19.4. The Kier molecular flexibility index (Phi) is 4.01. The van der Waals surface area contributed by atoms with Crippen molar-refractivity contribution in [2.45, 2.75) is 25.3 Å². The van der Waals surface area contributed by atoms with Crippen LogP contribution in [-0.2, 0) is 0 Å². The summed E-state index contributed by atoms with van der Waals surface area (Å²) < 4.78 is 36.0. The van der Waals surface area contributed by atoms with E-state index < -0.39 is 17.4 Å². The molecular weight excluding hydrogens is 388 g/mol. The highest BCUT2D eigenvalue weighted by Gasteiger charge is 2.34.